The molecule has 0 aromatic heterocycles. The summed E-state index contributed by atoms with van der Waals surface area (Å²) >= 11 is 0. The Bertz CT molecular complexity index is 749. The van der Waals surface area contributed by atoms with Crippen molar-refractivity contribution < 1.29 is 14.4 Å². The lowest BCUT2D eigenvalue weighted by atomic mass is 9.82. The summed E-state index contributed by atoms with van der Waals surface area (Å²) in [6, 6.07) is 10.4. The summed E-state index contributed by atoms with van der Waals surface area (Å²) in [5, 5.41) is 11.3. The molecule has 0 saturated carbocycles. The Morgan fingerprint density at radius 1 is 1.07 bits per heavy atom. The smallest absolute Gasteiger partial charge is 0.200 e. The molecule has 0 radical (unpaired) electrons. The van der Waals surface area contributed by atoms with E-state index in [2.05, 4.69) is 52.8 Å². The van der Waals surface area contributed by atoms with Crippen molar-refractivity contribution in [3.8, 4) is 0 Å². The van der Waals surface area contributed by atoms with Gasteiger partial charge < -0.3 is 9.84 Å². The highest BCUT2D eigenvalue weighted by Gasteiger charge is 2.37. The Balaban J connectivity index is 1.92. The third-order valence-electron chi connectivity index (χ3n) is 5.74. The molecule has 1 aliphatic carbocycles. The van der Waals surface area contributed by atoms with E-state index in [0.29, 0.717) is 5.76 Å². The average Bonchev–Trinajstić information content (AvgIpc) is 2.73. The largest absolute Gasteiger partial charge is 0.510 e. The zero-order valence-electron chi connectivity index (χ0n) is 16.7. The van der Waals surface area contributed by atoms with Gasteiger partial charge in [0.2, 0.25) is 0 Å². The number of aliphatic hydroxyl groups excluding tert-OH is 1. The van der Waals surface area contributed by atoms with Crippen molar-refractivity contribution in [1.82, 2.24) is 4.90 Å². The van der Waals surface area contributed by atoms with Crippen LogP contribution < -0.4 is 0 Å². The number of likely N-dealkylation sites (N-methyl/N-ethyl adjacent to an activating group) is 1. The maximum absolute atomic E-state index is 11.3. The molecule has 0 spiro atoms. The third kappa shape index (κ3) is 4.23. The molecule has 4 heteroatoms. The molecule has 1 aliphatic heterocycles. The van der Waals surface area contributed by atoms with Gasteiger partial charge in [-0.3, -0.25) is 4.90 Å². The molecule has 1 saturated heterocycles. The van der Waals surface area contributed by atoms with Gasteiger partial charge in [-0.15, -0.1) is 0 Å². The van der Waals surface area contributed by atoms with Gasteiger partial charge in [0.05, 0.1) is 5.54 Å². The van der Waals surface area contributed by atoms with E-state index < -0.39 is 5.54 Å². The lowest BCUT2D eigenvalue weighted by Gasteiger charge is -2.39. The first-order valence-corrected chi connectivity index (χ1v) is 9.77. The number of rotatable bonds is 5. The number of nitrogens with zero attached hydrogens (tertiary/aromatic N) is 2. The molecule has 2 aliphatic rings. The van der Waals surface area contributed by atoms with E-state index >= 15 is 0 Å². The summed E-state index contributed by atoms with van der Waals surface area (Å²) in [6.07, 6.45) is 9.89. The van der Waals surface area contributed by atoms with Crippen molar-refractivity contribution in [2.24, 2.45) is 0 Å². The van der Waals surface area contributed by atoms with E-state index in [1.54, 1.807) is 0 Å². The number of hydrogen-bond acceptors (Lipinski definition) is 3. The number of ether oxygens (including phenoxy) is 1. The second kappa shape index (κ2) is 8.68. The van der Waals surface area contributed by atoms with Crippen LogP contribution in [0.4, 0.5) is 0 Å². The van der Waals surface area contributed by atoms with Crippen molar-refractivity contribution in [3.63, 3.8) is 0 Å². The summed E-state index contributed by atoms with van der Waals surface area (Å²) in [5.41, 5.74) is 2.87. The van der Waals surface area contributed by atoms with Crippen LogP contribution in [0, 0.1) is 0 Å². The minimum absolute atomic E-state index is 0.429. The number of benzene rings is 1. The van der Waals surface area contributed by atoms with Crippen molar-refractivity contribution in [2.75, 3.05) is 40.4 Å². The Morgan fingerprint density at radius 3 is 2.26 bits per heavy atom. The first kappa shape index (κ1) is 19.6. The van der Waals surface area contributed by atoms with Crippen LogP contribution in [0.15, 0.2) is 66.0 Å². The van der Waals surface area contributed by atoms with Crippen LogP contribution in [-0.4, -0.2) is 66.2 Å². The number of hydrogen-bond donors (Lipinski definition) is 1. The molecule has 4 nitrogen and oxygen atoms in total. The summed E-state index contributed by atoms with van der Waals surface area (Å²) in [7, 11) is 4.09. The highest BCUT2D eigenvalue weighted by atomic mass is 16.5. The molecule has 0 amide bonds. The third-order valence-corrected chi connectivity index (χ3v) is 5.74. The predicted octanol–water partition coefficient (Wildman–Crippen LogP) is 3.36. The molecule has 0 bridgehead atoms. The molecule has 1 fully saturated rings. The molecule has 1 unspecified atom stereocenters. The fourth-order valence-electron chi connectivity index (χ4n) is 3.92. The second-order valence-electron chi connectivity index (χ2n) is 7.44. The van der Waals surface area contributed by atoms with Gasteiger partial charge in [0.25, 0.3) is 0 Å². The lowest BCUT2D eigenvalue weighted by molar-refractivity contribution is -0.547. The normalized spacial score (nSPS) is 19.5. The molecular weight excluding hydrogens is 336 g/mol. The second-order valence-corrected chi connectivity index (χ2v) is 7.44. The van der Waals surface area contributed by atoms with Gasteiger partial charge in [0, 0.05) is 17.7 Å². The van der Waals surface area contributed by atoms with Crippen LogP contribution in [-0.2, 0) is 11.2 Å². The first-order valence-electron chi connectivity index (χ1n) is 9.77. The molecule has 144 valence electrons. The summed E-state index contributed by atoms with van der Waals surface area (Å²) < 4.78 is 7.76. The van der Waals surface area contributed by atoms with Gasteiger partial charge in [0.1, 0.15) is 19.0 Å². The fourth-order valence-corrected chi connectivity index (χ4v) is 3.92. The van der Waals surface area contributed by atoms with E-state index in [9.17, 15) is 5.11 Å². The fraction of sp³-hybridized carbons (Fsp3) is 0.435. The van der Waals surface area contributed by atoms with Crippen LogP contribution in [0.1, 0.15) is 18.9 Å². The van der Waals surface area contributed by atoms with E-state index in [1.807, 2.05) is 32.3 Å². The molecule has 1 aromatic carbocycles. The highest BCUT2D eigenvalue weighted by molar-refractivity contribution is 6.02. The van der Waals surface area contributed by atoms with Gasteiger partial charge in [0.15, 0.2) is 18.8 Å². The molecule has 1 N–H and O–H groups in total. The van der Waals surface area contributed by atoms with Gasteiger partial charge in [-0.1, -0.05) is 37.3 Å². The van der Waals surface area contributed by atoms with Crippen LogP contribution in [0.3, 0.4) is 0 Å². The number of aliphatic hydroxyl groups is 1. The maximum Gasteiger partial charge on any atom is 0.200 e. The Labute approximate surface area is 162 Å². The van der Waals surface area contributed by atoms with Crippen LogP contribution >= 0.6 is 0 Å². The van der Waals surface area contributed by atoms with Crippen LogP contribution in [0.2, 0.25) is 0 Å². The molecule has 1 heterocycles. The minimum atomic E-state index is -0.429. The number of morpholine rings is 1. The van der Waals surface area contributed by atoms with Gasteiger partial charge in [-0.25, -0.2) is 4.58 Å². The van der Waals surface area contributed by atoms with Crippen molar-refractivity contribution in [2.45, 2.75) is 25.3 Å². The number of allylic oxidation sites excluding steroid dienone is 5. The zero-order valence-corrected chi connectivity index (χ0v) is 16.7. The molecular formula is C23H31N2O2+. The Kier molecular flexibility index (Phi) is 6.30. The van der Waals surface area contributed by atoms with Crippen LogP contribution in [0.25, 0.3) is 0 Å². The van der Waals surface area contributed by atoms with Gasteiger partial charge in [-0.2, -0.15) is 0 Å². The first-order chi connectivity index (χ1) is 13.1. The summed E-state index contributed by atoms with van der Waals surface area (Å²) in [4.78, 5) is 2.14. The summed E-state index contributed by atoms with van der Waals surface area (Å²) in [6.45, 7) is 5.52. The SMILES string of the molecule is CCC(Cc1ccccc1)(C(O)=C1C=CC(=[N+]2CCOCC2)C=C1)N(C)C. The molecule has 27 heavy (non-hydrogen) atoms. The van der Waals surface area contributed by atoms with Crippen molar-refractivity contribution in [3.05, 3.63) is 71.5 Å². The molecule has 3 rings (SSSR count). The quantitative estimate of drug-likeness (QED) is 0.640. The Morgan fingerprint density at radius 2 is 1.70 bits per heavy atom. The van der Waals surface area contributed by atoms with Gasteiger partial charge >= 0.3 is 0 Å². The van der Waals surface area contributed by atoms with Crippen molar-refractivity contribution in [1.29, 1.82) is 0 Å². The minimum Gasteiger partial charge on any atom is -0.510 e. The highest BCUT2D eigenvalue weighted by Crippen LogP contribution is 2.32. The van der Waals surface area contributed by atoms with Gasteiger partial charge in [-0.05, 0) is 44.7 Å². The van der Waals surface area contributed by atoms with Crippen LogP contribution in [0.5, 0.6) is 0 Å². The molecule has 1 atom stereocenters. The lowest BCUT2D eigenvalue weighted by Crippen LogP contribution is -2.48. The van der Waals surface area contributed by atoms with E-state index in [0.717, 1.165) is 44.7 Å². The topological polar surface area (TPSA) is 35.7 Å². The van der Waals surface area contributed by atoms with E-state index in [-0.39, 0.29) is 0 Å². The standard InChI is InChI=1S/C23H30N2O2/c1-4-23(24(2)3,18-19-8-6-5-7-9-19)22(26)20-10-12-21(13-11-20)25-14-16-27-17-15-25/h5-13H,4,14-18H2,1-3H3/p+1. The zero-order chi connectivity index (χ0) is 19.3. The van der Waals surface area contributed by atoms with E-state index in [4.69, 9.17) is 4.74 Å². The average molecular weight is 368 g/mol. The monoisotopic (exact) mass is 367 g/mol. The van der Waals surface area contributed by atoms with Crippen molar-refractivity contribution >= 4 is 5.71 Å². The maximum atomic E-state index is 11.3. The Hall–Kier alpha value is -2.17. The molecule has 1 aromatic rings. The summed E-state index contributed by atoms with van der Waals surface area (Å²) in [5.74, 6) is 0.437. The van der Waals surface area contributed by atoms with E-state index in [1.165, 1.54) is 11.3 Å². The predicted molar refractivity (Wildman–Crippen MR) is 111 cm³/mol.